The number of rotatable bonds is 8. The molecular weight excluding hydrogens is 496 g/mol. The summed E-state index contributed by atoms with van der Waals surface area (Å²) in [4.78, 5) is 0. The van der Waals surface area contributed by atoms with E-state index in [9.17, 15) is 0 Å². The molecule has 0 aromatic heterocycles. The second-order valence-corrected chi connectivity index (χ2v) is 15.9. The van der Waals surface area contributed by atoms with Gasteiger partial charge in [-0.3, -0.25) is 0 Å². The number of benzene rings is 2. The molecule has 2 aromatic rings. The molecule has 2 unspecified atom stereocenters. The van der Waals surface area contributed by atoms with Crippen LogP contribution >= 0.6 is 0 Å². The van der Waals surface area contributed by atoms with Gasteiger partial charge in [0.05, 0.1) is 13.2 Å². The molecule has 8 aliphatic carbocycles. The molecule has 0 radical (unpaired) electrons. The molecule has 2 saturated heterocycles. The number of epoxide rings is 2. The molecule has 0 N–H and O–H groups in total. The lowest BCUT2D eigenvalue weighted by Gasteiger charge is -2.61. The largest absolute Gasteiger partial charge is 0.487 e. The molecule has 40 heavy (non-hydrogen) atoms. The predicted molar refractivity (Wildman–Crippen MR) is 154 cm³/mol. The first-order valence-electron chi connectivity index (χ1n) is 16.7. The van der Waals surface area contributed by atoms with Crippen molar-refractivity contribution in [1.29, 1.82) is 0 Å². The van der Waals surface area contributed by atoms with E-state index in [1.54, 1.807) is 11.1 Å². The SMILES string of the molecule is c1cc2c(C34CC5CC(CC(C5)C3)C4)c(C34CC5CC(CC(C5)C3)C4)ccc2c(OCC2CO2)c1OCC1CO1. The highest BCUT2D eigenvalue weighted by Crippen LogP contribution is 2.66. The highest BCUT2D eigenvalue weighted by atomic mass is 16.6. The summed E-state index contributed by atoms with van der Waals surface area (Å²) >= 11 is 0. The van der Waals surface area contributed by atoms with Crippen molar-refractivity contribution in [3.63, 3.8) is 0 Å². The summed E-state index contributed by atoms with van der Waals surface area (Å²) in [7, 11) is 0. The molecule has 2 aliphatic heterocycles. The monoisotopic (exact) mass is 540 g/mol. The molecule has 4 nitrogen and oxygen atoms in total. The van der Waals surface area contributed by atoms with Crippen LogP contribution in [0.2, 0.25) is 0 Å². The van der Waals surface area contributed by atoms with Crippen LogP contribution in [0.15, 0.2) is 24.3 Å². The van der Waals surface area contributed by atoms with Gasteiger partial charge in [0, 0.05) is 5.39 Å². The van der Waals surface area contributed by atoms with Gasteiger partial charge >= 0.3 is 0 Å². The second kappa shape index (κ2) is 8.40. The summed E-state index contributed by atoms with van der Waals surface area (Å²) in [6, 6.07) is 9.74. The van der Waals surface area contributed by atoms with Crippen molar-refractivity contribution in [2.24, 2.45) is 35.5 Å². The average molecular weight is 541 g/mol. The third-order valence-electron chi connectivity index (χ3n) is 12.9. The van der Waals surface area contributed by atoms with Crippen LogP contribution in [0.1, 0.15) is 88.2 Å². The van der Waals surface area contributed by atoms with E-state index in [-0.39, 0.29) is 12.2 Å². The fourth-order valence-electron chi connectivity index (χ4n) is 12.2. The molecule has 8 saturated carbocycles. The van der Waals surface area contributed by atoms with E-state index in [0.717, 1.165) is 60.2 Å². The fraction of sp³-hybridized carbons (Fsp3) is 0.722. The molecule has 10 aliphatic rings. The normalized spacial score (nSPS) is 45.3. The van der Waals surface area contributed by atoms with Crippen molar-refractivity contribution < 1.29 is 18.9 Å². The van der Waals surface area contributed by atoms with Gasteiger partial charge in [-0.1, -0.05) is 18.2 Å². The Kier molecular flexibility index (Phi) is 4.99. The standard InChI is InChI=1S/C36H44O4/c1-3-31(35-11-21-5-22(12-35)7-23(6-21)13-35)33(36-14-24-8-25(15-36)10-26(9-24)16-36)29-2-4-32(39-19-27-17-37-27)34(30(1)29)40-20-28-18-38-28/h1-4,21-28H,5-20H2. The van der Waals surface area contributed by atoms with Gasteiger partial charge in [-0.25, -0.2) is 0 Å². The number of hydrogen-bond donors (Lipinski definition) is 0. The average Bonchev–Trinajstić information content (AvgIpc) is 3.84. The summed E-state index contributed by atoms with van der Waals surface area (Å²) in [6.45, 7) is 2.84. The topological polar surface area (TPSA) is 43.5 Å². The van der Waals surface area contributed by atoms with Crippen LogP contribution in [0.25, 0.3) is 10.8 Å². The Bertz CT molecular complexity index is 1280. The first-order chi connectivity index (χ1) is 19.6. The molecule has 2 aromatic carbocycles. The van der Waals surface area contributed by atoms with Gasteiger partial charge in [-0.05, 0) is 146 Å². The molecule has 0 amide bonds. The van der Waals surface area contributed by atoms with E-state index in [1.165, 1.54) is 87.8 Å². The Hall–Kier alpha value is -1.78. The second-order valence-electron chi connectivity index (χ2n) is 15.9. The molecule has 212 valence electrons. The molecule has 8 bridgehead atoms. The molecule has 4 heteroatoms. The van der Waals surface area contributed by atoms with Gasteiger partial charge < -0.3 is 18.9 Å². The molecule has 2 atom stereocenters. The van der Waals surface area contributed by atoms with E-state index in [0.29, 0.717) is 24.0 Å². The highest BCUT2D eigenvalue weighted by Gasteiger charge is 2.57. The van der Waals surface area contributed by atoms with Crippen molar-refractivity contribution in [1.82, 2.24) is 0 Å². The number of hydrogen-bond acceptors (Lipinski definition) is 4. The van der Waals surface area contributed by atoms with E-state index in [1.807, 2.05) is 0 Å². The summed E-state index contributed by atoms with van der Waals surface area (Å²) in [5, 5.41) is 2.76. The lowest BCUT2D eigenvalue weighted by molar-refractivity contribution is -0.0168. The zero-order chi connectivity index (χ0) is 26.1. The van der Waals surface area contributed by atoms with Crippen molar-refractivity contribution in [3.8, 4) is 11.5 Å². The Balaban J connectivity index is 1.17. The smallest absolute Gasteiger partial charge is 0.169 e. The molecular formula is C36H44O4. The zero-order valence-corrected chi connectivity index (χ0v) is 23.9. The van der Waals surface area contributed by atoms with Crippen LogP contribution < -0.4 is 9.47 Å². The van der Waals surface area contributed by atoms with E-state index >= 15 is 0 Å². The van der Waals surface area contributed by atoms with E-state index in [4.69, 9.17) is 18.9 Å². The molecule has 2 heterocycles. The van der Waals surface area contributed by atoms with Gasteiger partial charge in [0.15, 0.2) is 11.5 Å². The number of ether oxygens (including phenoxy) is 4. The fourth-order valence-corrected chi connectivity index (χ4v) is 12.2. The third kappa shape index (κ3) is 3.70. The lowest BCUT2D eigenvalue weighted by Crippen LogP contribution is -2.52. The Morgan fingerprint density at radius 3 is 1.57 bits per heavy atom. The molecule has 0 spiro atoms. The summed E-state index contributed by atoms with van der Waals surface area (Å²) < 4.78 is 24.0. The maximum absolute atomic E-state index is 6.60. The summed E-state index contributed by atoms with van der Waals surface area (Å²) in [5.41, 5.74) is 4.31. The van der Waals surface area contributed by atoms with Crippen LogP contribution in [0.3, 0.4) is 0 Å². The minimum atomic E-state index is 0.226. The minimum Gasteiger partial charge on any atom is -0.487 e. The molecule has 12 rings (SSSR count). The maximum Gasteiger partial charge on any atom is 0.169 e. The maximum atomic E-state index is 6.60. The van der Waals surface area contributed by atoms with Crippen LogP contribution in [-0.2, 0) is 20.3 Å². The lowest BCUT2D eigenvalue weighted by atomic mass is 9.44. The summed E-state index contributed by atoms with van der Waals surface area (Å²) in [6.07, 6.45) is 18.0. The van der Waals surface area contributed by atoms with Crippen molar-refractivity contribution >= 4 is 10.8 Å². The van der Waals surface area contributed by atoms with Crippen LogP contribution in [0.5, 0.6) is 11.5 Å². The Labute approximate surface area is 238 Å². The van der Waals surface area contributed by atoms with Gasteiger partial charge in [-0.15, -0.1) is 0 Å². The Morgan fingerprint density at radius 2 is 1.05 bits per heavy atom. The third-order valence-corrected chi connectivity index (χ3v) is 12.9. The van der Waals surface area contributed by atoms with Crippen LogP contribution in [0.4, 0.5) is 0 Å². The predicted octanol–water partition coefficient (Wildman–Crippen LogP) is 7.33. The van der Waals surface area contributed by atoms with Crippen molar-refractivity contribution in [2.45, 2.75) is 100 Å². The van der Waals surface area contributed by atoms with Gasteiger partial charge in [-0.2, -0.15) is 0 Å². The highest BCUT2D eigenvalue weighted by molar-refractivity contribution is 5.95. The Morgan fingerprint density at radius 1 is 0.575 bits per heavy atom. The van der Waals surface area contributed by atoms with Crippen molar-refractivity contribution in [2.75, 3.05) is 26.4 Å². The van der Waals surface area contributed by atoms with E-state index < -0.39 is 0 Å². The molecule has 10 fully saturated rings. The van der Waals surface area contributed by atoms with Crippen molar-refractivity contribution in [3.05, 3.63) is 35.4 Å². The van der Waals surface area contributed by atoms with Gasteiger partial charge in [0.1, 0.15) is 25.4 Å². The number of fused-ring (bicyclic) bond motifs is 1. The quantitative estimate of drug-likeness (QED) is 0.329. The zero-order valence-electron chi connectivity index (χ0n) is 23.9. The van der Waals surface area contributed by atoms with E-state index in [2.05, 4.69) is 24.3 Å². The van der Waals surface area contributed by atoms with Gasteiger partial charge in [0.2, 0.25) is 0 Å². The van der Waals surface area contributed by atoms with Crippen LogP contribution in [0, 0.1) is 35.5 Å². The van der Waals surface area contributed by atoms with Crippen LogP contribution in [-0.4, -0.2) is 38.6 Å². The minimum absolute atomic E-state index is 0.226. The first-order valence-corrected chi connectivity index (χ1v) is 16.7. The van der Waals surface area contributed by atoms with Gasteiger partial charge in [0.25, 0.3) is 0 Å². The first kappa shape index (κ1) is 23.7. The summed E-state index contributed by atoms with van der Waals surface area (Å²) in [5.74, 6) is 7.52.